The fourth-order valence-electron chi connectivity index (χ4n) is 2.41. The highest BCUT2D eigenvalue weighted by Gasteiger charge is 2.10. The van der Waals surface area contributed by atoms with Crippen molar-refractivity contribution in [1.29, 1.82) is 0 Å². The molecule has 0 spiro atoms. The SMILES string of the molecule is COc1cc(Cc2nc3cc(C(=O)O)ccc3c(=O)[nH]2)ccc1F. The molecule has 3 aromatic rings. The predicted molar refractivity (Wildman–Crippen MR) is 85.1 cm³/mol. The van der Waals surface area contributed by atoms with Gasteiger partial charge in [-0.25, -0.2) is 14.2 Å². The van der Waals surface area contributed by atoms with Crippen molar-refractivity contribution in [3.8, 4) is 5.75 Å². The molecule has 0 saturated carbocycles. The molecule has 7 heteroatoms. The number of hydrogen-bond acceptors (Lipinski definition) is 4. The Kier molecular flexibility index (Phi) is 3.99. The van der Waals surface area contributed by atoms with Gasteiger partial charge in [-0.3, -0.25) is 4.79 Å². The van der Waals surface area contributed by atoms with E-state index in [1.165, 1.54) is 37.4 Å². The van der Waals surface area contributed by atoms with Gasteiger partial charge >= 0.3 is 5.97 Å². The van der Waals surface area contributed by atoms with Crippen molar-refractivity contribution >= 4 is 16.9 Å². The Labute approximate surface area is 135 Å². The summed E-state index contributed by atoms with van der Waals surface area (Å²) in [6.07, 6.45) is 0.249. The Morgan fingerprint density at radius 2 is 2.08 bits per heavy atom. The van der Waals surface area contributed by atoms with E-state index in [0.717, 1.165) is 0 Å². The van der Waals surface area contributed by atoms with Crippen molar-refractivity contribution in [2.24, 2.45) is 0 Å². The first-order valence-electron chi connectivity index (χ1n) is 7.06. The van der Waals surface area contributed by atoms with Gasteiger partial charge in [0, 0.05) is 6.42 Å². The first-order chi connectivity index (χ1) is 11.5. The number of halogens is 1. The molecule has 0 fully saturated rings. The number of methoxy groups -OCH3 is 1. The number of benzene rings is 2. The van der Waals surface area contributed by atoms with E-state index in [4.69, 9.17) is 9.84 Å². The molecule has 0 radical (unpaired) electrons. The van der Waals surface area contributed by atoms with E-state index in [0.29, 0.717) is 22.3 Å². The third-order valence-corrected chi connectivity index (χ3v) is 3.59. The van der Waals surface area contributed by atoms with Gasteiger partial charge in [-0.1, -0.05) is 6.07 Å². The van der Waals surface area contributed by atoms with Gasteiger partial charge in [0.15, 0.2) is 11.6 Å². The number of fused-ring (bicyclic) bond motifs is 1. The van der Waals surface area contributed by atoms with Crippen LogP contribution in [0, 0.1) is 5.82 Å². The number of aromatic carboxylic acids is 1. The minimum absolute atomic E-state index is 0.0509. The summed E-state index contributed by atoms with van der Waals surface area (Å²) < 4.78 is 18.4. The average Bonchev–Trinajstić information content (AvgIpc) is 2.56. The number of rotatable bonds is 4. The summed E-state index contributed by atoms with van der Waals surface area (Å²) in [4.78, 5) is 30.1. The highest BCUT2D eigenvalue weighted by molar-refractivity contribution is 5.92. The maximum atomic E-state index is 13.4. The summed E-state index contributed by atoms with van der Waals surface area (Å²) in [7, 11) is 1.37. The van der Waals surface area contributed by atoms with Gasteiger partial charge in [-0.05, 0) is 35.9 Å². The number of carboxylic acid groups (broad SMARTS) is 1. The van der Waals surface area contributed by atoms with Crippen molar-refractivity contribution < 1.29 is 19.0 Å². The number of nitrogens with one attached hydrogen (secondary N) is 1. The lowest BCUT2D eigenvalue weighted by molar-refractivity contribution is 0.0697. The summed E-state index contributed by atoms with van der Waals surface area (Å²) >= 11 is 0. The van der Waals surface area contributed by atoms with Crippen LogP contribution in [0.3, 0.4) is 0 Å². The highest BCUT2D eigenvalue weighted by Crippen LogP contribution is 2.20. The van der Waals surface area contributed by atoms with E-state index < -0.39 is 11.8 Å². The molecule has 0 bridgehead atoms. The Balaban J connectivity index is 2.03. The number of aromatic nitrogens is 2. The summed E-state index contributed by atoms with van der Waals surface area (Å²) in [5.41, 5.74) is 0.684. The summed E-state index contributed by atoms with van der Waals surface area (Å²) in [6.45, 7) is 0. The molecule has 0 aliphatic rings. The number of carboxylic acids is 1. The lowest BCUT2D eigenvalue weighted by Gasteiger charge is -2.07. The third-order valence-electron chi connectivity index (χ3n) is 3.59. The van der Waals surface area contributed by atoms with Gasteiger partial charge in [0.05, 0.1) is 23.6 Å². The van der Waals surface area contributed by atoms with Crippen molar-refractivity contribution in [2.45, 2.75) is 6.42 Å². The lowest BCUT2D eigenvalue weighted by atomic mass is 10.1. The summed E-state index contributed by atoms with van der Waals surface area (Å²) in [5, 5.41) is 9.34. The van der Waals surface area contributed by atoms with Gasteiger partial charge < -0.3 is 14.8 Å². The van der Waals surface area contributed by atoms with E-state index in [1.54, 1.807) is 6.07 Å². The van der Waals surface area contributed by atoms with Crippen molar-refractivity contribution in [3.05, 3.63) is 69.5 Å². The summed E-state index contributed by atoms with van der Waals surface area (Å²) in [6, 6.07) is 8.49. The standard InChI is InChI=1S/C17H13FN2O4/c1-24-14-6-9(2-5-12(14)18)7-15-19-13-8-10(17(22)23)3-4-11(13)16(21)20-15/h2-6,8H,7H2,1H3,(H,22,23)(H,19,20,21). The maximum absolute atomic E-state index is 13.4. The molecule has 24 heavy (non-hydrogen) atoms. The zero-order valence-electron chi connectivity index (χ0n) is 12.7. The van der Waals surface area contributed by atoms with Crippen LogP contribution in [-0.4, -0.2) is 28.2 Å². The minimum Gasteiger partial charge on any atom is -0.494 e. The Hall–Kier alpha value is -3.22. The van der Waals surface area contributed by atoms with Gasteiger partial charge in [0.2, 0.25) is 0 Å². The molecule has 0 unspecified atom stereocenters. The molecule has 0 aliphatic carbocycles. The fraction of sp³-hybridized carbons (Fsp3) is 0.118. The second kappa shape index (κ2) is 6.11. The van der Waals surface area contributed by atoms with Crippen LogP contribution >= 0.6 is 0 Å². The molecule has 0 saturated heterocycles. The molecule has 0 atom stereocenters. The Morgan fingerprint density at radius 1 is 1.29 bits per heavy atom. The molecule has 1 aromatic heterocycles. The molecular formula is C17H13FN2O4. The van der Waals surface area contributed by atoms with Crippen molar-refractivity contribution in [2.75, 3.05) is 7.11 Å². The highest BCUT2D eigenvalue weighted by atomic mass is 19.1. The zero-order chi connectivity index (χ0) is 17.3. The molecular weight excluding hydrogens is 315 g/mol. The van der Waals surface area contributed by atoms with Crippen LogP contribution in [0.5, 0.6) is 5.75 Å². The molecule has 0 aliphatic heterocycles. The van der Waals surface area contributed by atoms with E-state index in [-0.39, 0.29) is 23.3 Å². The molecule has 1 heterocycles. The van der Waals surface area contributed by atoms with Crippen molar-refractivity contribution in [1.82, 2.24) is 9.97 Å². The second-order valence-electron chi connectivity index (χ2n) is 5.20. The molecule has 3 rings (SSSR count). The van der Waals surface area contributed by atoms with E-state index in [9.17, 15) is 14.0 Å². The van der Waals surface area contributed by atoms with Crippen molar-refractivity contribution in [3.63, 3.8) is 0 Å². The Bertz CT molecular complexity index is 998. The normalized spacial score (nSPS) is 10.8. The lowest BCUT2D eigenvalue weighted by Crippen LogP contribution is -2.13. The first-order valence-corrected chi connectivity index (χ1v) is 7.06. The average molecular weight is 328 g/mol. The molecule has 122 valence electrons. The van der Waals surface area contributed by atoms with Crippen LogP contribution in [0.15, 0.2) is 41.2 Å². The van der Waals surface area contributed by atoms with E-state index in [1.807, 2.05) is 0 Å². The monoisotopic (exact) mass is 328 g/mol. The second-order valence-corrected chi connectivity index (χ2v) is 5.20. The molecule has 6 nitrogen and oxygen atoms in total. The Morgan fingerprint density at radius 3 is 2.79 bits per heavy atom. The van der Waals surface area contributed by atoms with Crippen LogP contribution in [0.25, 0.3) is 10.9 Å². The van der Waals surface area contributed by atoms with Gasteiger partial charge in [0.25, 0.3) is 5.56 Å². The first kappa shape index (κ1) is 15.7. The molecule has 2 N–H and O–H groups in total. The van der Waals surface area contributed by atoms with Gasteiger partial charge in [0.1, 0.15) is 5.82 Å². The van der Waals surface area contributed by atoms with Gasteiger partial charge in [-0.15, -0.1) is 0 Å². The van der Waals surface area contributed by atoms with Gasteiger partial charge in [-0.2, -0.15) is 0 Å². The predicted octanol–water partition coefficient (Wildman–Crippen LogP) is 2.36. The molecule has 2 aromatic carbocycles. The van der Waals surface area contributed by atoms with Crippen LogP contribution < -0.4 is 10.3 Å². The number of aromatic amines is 1. The number of nitrogens with zero attached hydrogens (tertiary/aromatic N) is 1. The number of hydrogen-bond donors (Lipinski definition) is 2. The van der Waals surface area contributed by atoms with Crippen LogP contribution in [-0.2, 0) is 6.42 Å². The number of ether oxygens (including phenoxy) is 1. The summed E-state index contributed by atoms with van der Waals surface area (Å²) in [5.74, 6) is -1.12. The quantitative estimate of drug-likeness (QED) is 0.767. The number of H-pyrrole nitrogens is 1. The third kappa shape index (κ3) is 2.96. The smallest absolute Gasteiger partial charge is 0.335 e. The topological polar surface area (TPSA) is 92.3 Å². The molecule has 0 amide bonds. The van der Waals surface area contributed by atoms with E-state index in [2.05, 4.69) is 9.97 Å². The van der Waals surface area contributed by atoms with Crippen LogP contribution in [0.4, 0.5) is 4.39 Å². The fourth-order valence-corrected chi connectivity index (χ4v) is 2.41. The zero-order valence-corrected chi connectivity index (χ0v) is 12.7. The maximum Gasteiger partial charge on any atom is 0.335 e. The number of carbonyl (C=O) groups is 1. The van der Waals surface area contributed by atoms with Crippen LogP contribution in [0.2, 0.25) is 0 Å². The minimum atomic E-state index is -1.09. The van der Waals surface area contributed by atoms with E-state index >= 15 is 0 Å². The largest absolute Gasteiger partial charge is 0.494 e. The van der Waals surface area contributed by atoms with Crippen LogP contribution in [0.1, 0.15) is 21.7 Å².